The van der Waals surface area contributed by atoms with Crippen LogP contribution in [0.25, 0.3) is 0 Å². The maximum absolute atomic E-state index is 5.63. The highest BCUT2D eigenvalue weighted by Crippen LogP contribution is 2.57. The molecule has 4 fully saturated rings. The van der Waals surface area contributed by atoms with Crippen LogP contribution in [0.2, 0.25) is 0 Å². The molecule has 0 spiro atoms. The Balaban J connectivity index is 1.69. The van der Waals surface area contributed by atoms with Gasteiger partial charge in [-0.25, -0.2) is 0 Å². The van der Waals surface area contributed by atoms with E-state index in [1.165, 1.54) is 12.8 Å². The van der Waals surface area contributed by atoms with E-state index in [4.69, 9.17) is 5.73 Å². The lowest BCUT2D eigenvalue weighted by molar-refractivity contribution is -0.0400. The molecule has 80 valence electrons. The third-order valence-electron chi connectivity index (χ3n) is 5.16. The number of nitrogens with two attached hydrogens (primary N) is 1. The Morgan fingerprint density at radius 2 is 1.43 bits per heavy atom. The predicted octanol–water partition coefficient (Wildman–Crippen LogP) is 2.80. The van der Waals surface area contributed by atoms with Gasteiger partial charge in [0.25, 0.3) is 0 Å². The first-order valence-electron chi connectivity index (χ1n) is 6.57. The van der Waals surface area contributed by atoms with E-state index >= 15 is 0 Å². The summed E-state index contributed by atoms with van der Waals surface area (Å²) in [5.74, 6) is 5.56. The van der Waals surface area contributed by atoms with Crippen molar-refractivity contribution in [3.05, 3.63) is 0 Å². The van der Waals surface area contributed by atoms with Gasteiger partial charge in [0, 0.05) is 0 Å². The van der Waals surface area contributed by atoms with Gasteiger partial charge in [-0.15, -0.1) is 0 Å². The standard InChI is InChI=1S/C13H23N/c14-3-1-2-13-11-5-9-4-10(7-11)8-12(13)6-9/h9-13H,1-8,14H2. The van der Waals surface area contributed by atoms with Crippen LogP contribution in [0.15, 0.2) is 0 Å². The zero-order valence-corrected chi connectivity index (χ0v) is 9.12. The molecular weight excluding hydrogens is 170 g/mol. The Morgan fingerprint density at radius 1 is 0.857 bits per heavy atom. The van der Waals surface area contributed by atoms with E-state index in [1.807, 2.05) is 0 Å². The highest BCUT2D eigenvalue weighted by atomic mass is 14.5. The van der Waals surface area contributed by atoms with E-state index in [0.29, 0.717) is 0 Å². The van der Waals surface area contributed by atoms with Gasteiger partial charge >= 0.3 is 0 Å². The first kappa shape index (κ1) is 9.21. The molecule has 1 heteroatoms. The Morgan fingerprint density at radius 3 is 1.93 bits per heavy atom. The minimum Gasteiger partial charge on any atom is -0.330 e. The predicted molar refractivity (Wildman–Crippen MR) is 58.8 cm³/mol. The lowest BCUT2D eigenvalue weighted by Gasteiger charge is -2.54. The summed E-state index contributed by atoms with van der Waals surface area (Å²) in [5, 5.41) is 0. The second kappa shape index (κ2) is 3.52. The van der Waals surface area contributed by atoms with Gasteiger partial charge in [0.15, 0.2) is 0 Å². The summed E-state index contributed by atoms with van der Waals surface area (Å²) in [7, 11) is 0. The van der Waals surface area contributed by atoms with Crippen LogP contribution in [0.5, 0.6) is 0 Å². The van der Waals surface area contributed by atoms with Gasteiger partial charge in [0.2, 0.25) is 0 Å². The molecule has 0 atom stereocenters. The summed E-state index contributed by atoms with van der Waals surface area (Å²) >= 11 is 0. The smallest absolute Gasteiger partial charge is 0.00772 e. The van der Waals surface area contributed by atoms with E-state index < -0.39 is 0 Å². The Labute approximate surface area is 87.4 Å². The molecule has 4 bridgehead atoms. The molecule has 14 heavy (non-hydrogen) atoms. The van der Waals surface area contributed by atoms with E-state index in [1.54, 1.807) is 32.1 Å². The first-order valence-corrected chi connectivity index (χ1v) is 6.57. The molecule has 0 aromatic rings. The molecule has 4 aliphatic rings. The van der Waals surface area contributed by atoms with Crippen molar-refractivity contribution in [2.75, 3.05) is 6.54 Å². The van der Waals surface area contributed by atoms with Gasteiger partial charge in [-0.1, -0.05) is 0 Å². The van der Waals surface area contributed by atoms with Gasteiger partial charge in [0.05, 0.1) is 0 Å². The molecule has 4 saturated carbocycles. The van der Waals surface area contributed by atoms with Crippen molar-refractivity contribution in [2.24, 2.45) is 35.3 Å². The van der Waals surface area contributed by atoms with E-state index in [-0.39, 0.29) is 0 Å². The molecule has 0 saturated heterocycles. The van der Waals surface area contributed by atoms with Crippen LogP contribution in [0.3, 0.4) is 0 Å². The second-order valence-electron chi connectivity index (χ2n) is 6.03. The van der Waals surface area contributed by atoms with Gasteiger partial charge in [-0.2, -0.15) is 0 Å². The molecule has 0 aromatic heterocycles. The summed E-state index contributed by atoms with van der Waals surface area (Å²) < 4.78 is 0. The van der Waals surface area contributed by atoms with Crippen molar-refractivity contribution >= 4 is 0 Å². The average molecular weight is 193 g/mol. The molecule has 4 rings (SSSR count). The summed E-state index contributed by atoms with van der Waals surface area (Å²) in [6.07, 6.45) is 10.6. The zero-order valence-electron chi connectivity index (χ0n) is 9.12. The SMILES string of the molecule is NCCCC1C2CC3CC(C2)CC1C3. The van der Waals surface area contributed by atoms with Crippen LogP contribution in [0, 0.1) is 29.6 Å². The van der Waals surface area contributed by atoms with E-state index in [0.717, 1.165) is 36.1 Å². The summed E-state index contributed by atoms with van der Waals surface area (Å²) in [4.78, 5) is 0. The van der Waals surface area contributed by atoms with Crippen molar-refractivity contribution < 1.29 is 0 Å². The molecule has 0 heterocycles. The lowest BCUT2D eigenvalue weighted by atomic mass is 9.51. The molecule has 0 radical (unpaired) electrons. The number of hydrogen-bond donors (Lipinski definition) is 1. The molecule has 0 amide bonds. The molecule has 2 N–H and O–H groups in total. The van der Waals surface area contributed by atoms with Gasteiger partial charge < -0.3 is 5.73 Å². The Bertz CT molecular complexity index is 183. The van der Waals surface area contributed by atoms with Crippen LogP contribution in [0.4, 0.5) is 0 Å². The maximum atomic E-state index is 5.63. The molecular formula is C13H23N. The quantitative estimate of drug-likeness (QED) is 0.733. The topological polar surface area (TPSA) is 26.0 Å². The summed E-state index contributed by atoms with van der Waals surface area (Å²) in [6, 6.07) is 0. The fraction of sp³-hybridized carbons (Fsp3) is 1.00. The van der Waals surface area contributed by atoms with E-state index in [9.17, 15) is 0 Å². The highest BCUT2D eigenvalue weighted by Gasteiger charge is 2.47. The van der Waals surface area contributed by atoms with Crippen molar-refractivity contribution in [1.29, 1.82) is 0 Å². The Kier molecular flexibility index (Phi) is 2.31. The lowest BCUT2D eigenvalue weighted by Crippen LogP contribution is -2.45. The molecule has 0 aliphatic heterocycles. The monoisotopic (exact) mass is 193 g/mol. The molecule has 0 aromatic carbocycles. The van der Waals surface area contributed by atoms with Crippen LogP contribution in [-0.4, -0.2) is 6.54 Å². The fourth-order valence-electron chi connectivity index (χ4n) is 4.86. The first-order chi connectivity index (χ1) is 6.86. The third kappa shape index (κ3) is 1.41. The average Bonchev–Trinajstić information content (AvgIpc) is 2.15. The van der Waals surface area contributed by atoms with Crippen LogP contribution < -0.4 is 5.73 Å². The van der Waals surface area contributed by atoms with Crippen LogP contribution >= 0.6 is 0 Å². The van der Waals surface area contributed by atoms with Crippen LogP contribution in [0.1, 0.15) is 44.9 Å². The molecule has 1 nitrogen and oxygen atoms in total. The highest BCUT2D eigenvalue weighted by molar-refractivity contribution is 4.97. The van der Waals surface area contributed by atoms with Crippen molar-refractivity contribution in [3.63, 3.8) is 0 Å². The zero-order chi connectivity index (χ0) is 9.54. The largest absolute Gasteiger partial charge is 0.330 e. The number of rotatable bonds is 3. The molecule has 4 aliphatic carbocycles. The van der Waals surface area contributed by atoms with Gasteiger partial charge in [-0.3, -0.25) is 0 Å². The van der Waals surface area contributed by atoms with Gasteiger partial charge in [-0.05, 0) is 81.1 Å². The van der Waals surface area contributed by atoms with Crippen LogP contribution in [-0.2, 0) is 0 Å². The second-order valence-corrected chi connectivity index (χ2v) is 6.03. The van der Waals surface area contributed by atoms with Crippen molar-refractivity contribution in [3.8, 4) is 0 Å². The third-order valence-corrected chi connectivity index (χ3v) is 5.16. The van der Waals surface area contributed by atoms with Crippen molar-refractivity contribution in [2.45, 2.75) is 44.9 Å². The maximum Gasteiger partial charge on any atom is -0.00772 e. The molecule has 0 unspecified atom stereocenters. The number of hydrogen-bond acceptors (Lipinski definition) is 1. The Hall–Kier alpha value is -0.0400. The van der Waals surface area contributed by atoms with Gasteiger partial charge in [0.1, 0.15) is 0 Å². The summed E-state index contributed by atoms with van der Waals surface area (Å²) in [5.41, 5.74) is 5.63. The fourth-order valence-corrected chi connectivity index (χ4v) is 4.86. The normalized spacial score (nSPS) is 49.9. The van der Waals surface area contributed by atoms with E-state index in [2.05, 4.69) is 0 Å². The minimum absolute atomic E-state index is 0.906. The summed E-state index contributed by atoms with van der Waals surface area (Å²) in [6.45, 7) is 0.906. The van der Waals surface area contributed by atoms with Crippen molar-refractivity contribution in [1.82, 2.24) is 0 Å². The minimum atomic E-state index is 0.906.